The van der Waals surface area contributed by atoms with E-state index in [1.54, 1.807) is 6.08 Å². The third-order valence-electron chi connectivity index (χ3n) is 5.06. The van der Waals surface area contributed by atoms with Gasteiger partial charge in [-0.25, -0.2) is 0 Å². The predicted octanol–water partition coefficient (Wildman–Crippen LogP) is 1.93. The lowest BCUT2D eigenvalue weighted by atomic mass is 9.48. The van der Waals surface area contributed by atoms with Crippen molar-refractivity contribution >= 4 is 5.78 Å². The molecular weight excluding hydrogens is 228 g/mol. The summed E-state index contributed by atoms with van der Waals surface area (Å²) in [5.41, 5.74) is 0.408. The summed E-state index contributed by atoms with van der Waals surface area (Å²) in [6.45, 7) is 8.12. The van der Waals surface area contributed by atoms with Crippen molar-refractivity contribution in [3.8, 4) is 0 Å². The molecule has 0 amide bonds. The van der Waals surface area contributed by atoms with Gasteiger partial charge in [0.2, 0.25) is 0 Å². The second-order valence-corrected chi connectivity index (χ2v) is 7.02. The largest absolute Gasteiger partial charge is 0.396 e. The number of hydrogen-bond acceptors (Lipinski definition) is 3. The van der Waals surface area contributed by atoms with E-state index in [4.69, 9.17) is 0 Å². The van der Waals surface area contributed by atoms with Crippen molar-refractivity contribution in [1.29, 1.82) is 0 Å². The average molecular weight is 252 g/mol. The normalized spacial score (nSPS) is 43.3. The molecule has 0 heterocycles. The van der Waals surface area contributed by atoms with Crippen molar-refractivity contribution < 1.29 is 15.0 Å². The number of carbonyl (C=O) groups excluding carboxylic acids is 1. The molecule has 0 saturated heterocycles. The van der Waals surface area contributed by atoms with E-state index >= 15 is 0 Å². The molecule has 1 saturated carbocycles. The highest BCUT2D eigenvalue weighted by Gasteiger charge is 2.57. The number of ketones is 1. The maximum atomic E-state index is 12.4. The van der Waals surface area contributed by atoms with Crippen LogP contribution in [-0.2, 0) is 4.79 Å². The number of carbonyl (C=O) groups is 1. The minimum atomic E-state index is -0.381. The lowest BCUT2D eigenvalue weighted by molar-refractivity contribution is -0.146. The molecule has 1 fully saturated rings. The fourth-order valence-corrected chi connectivity index (χ4v) is 4.65. The van der Waals surface area contributed by atoms with Crippen LogP contribution in [0.2, 0.25) is 0 Å². The van der Waals surface area contributed by atoms with E-state index in [0.717, 1.165) is 5.57 Å². The van der Waals surface area contributed by atoms with Crippen LogP contribution in [0.1, 0.15) is 40.5 Å². The Kier molecular flexibility index (Phi) is 3.19. The summed E-state index contributed by atoms with van der Waals surface area (Å²) in [7, 11) is 0. The Morgan fingerprint density at radius 1 is 1.33 bits per heavy atom. The van der Waals surface area contributed by atoms with Gasteiger partial charge >= 0.3 is 0 Å². The highest BCUT2D eigenvalue weighted by atomic mass is 16.3. The van der Waals surface area contributed by atoms with Crippen molar-refractivity contribution in [3.05, 3.63) is 11.6 Å². The van der Waals surface area contributed by atoms with Gasteiger partial charge in [0, 0.05) is 11.8 Å². The molecule has 0 bridgehead atoms. The number of aliphatic hydroxyl groups is 2. The molecule has 0 unspecified atom stereocenters. The number of hydrogen-bond donors (Lipinski definition) is 2. The maximum Gasteiger partial charge on any atom is 0.159 e. The van der Waals surface area contributed by atoms with E-state index in [2.05, 4.69) is 20.8 Å². The van der Waals surface area contributed by atoms with Crippen molar-refractivity contribution in [1.82, 2.24) is 0 Å². The van der Waals surface area contributed by atoms with E-state index in [1.807, 2.05) is 6.92 Å². The molecule has 3 nitrogen and oxygen atoms in total. The highest BCUT2D eigenvalue weighted by Crippen LogP contribution is 2.58. The van der Waals surface area contributed by atoms with E-state index in [-0.39, 0.29) is 41.2 Å². The van der Waals surface area contributed by atoms with Crippen molar-refractivity contribution in [3.63, 3.8) is 0 Å². The molecule has 3 heteroatoms. The van der Waals surface area contributed by atoms with Crippen LogP contribution in [0, 0.1) is 22.7 Å². The Morgan fingerprint density at radius 3 is 2.50 bits per heavy atom. The molecule has 2 N–H and O–H groups in total. The first-order chi connectivity index (χ1) is 8.22. The molecule has 2 rings (SSSR count). The Bertz CT molecular complexity index is 397. The van der Waals surface area contributed by atoms with Gasteiger partial charge in [-0.05, 0) is 36.7 Å². The van der Waals surface area contributed by atoms with Gasteiger partial charge in [-0.15, -0.1) is 0 Å². The van der Waals surface area contributed by atoms with Gasteiger partial charge < -0.3 is 10.2 Å². The summed E-state index contributed by atoms with van der Waals surface area (Å²) in [5.74, 6) is 0.0419. The Hall–Kier alpha value is -0.670. The van der Waals surface area contributed by atoms with Gasteiger partial charge in [0.1, 0.15) is 0 Å². The van der Waals surface area contributed by atoms with Gasteiger partial charge in [0.25, 0.3) is 0 Å². The molecule has 18 heavy (non-hydrogen) atoms. The molecule has 0 aromatic rings. The summed E-state index contributed by atoms with van der Waals surface area (Å²) in [6.07, 6.45) is 2.58. The van der Waals surface area contributed by atoms with Crippen LogP contribution in [0.4, 0.5) is 0 Å². The van der Waals surface area contributed by atoms with Gasteiger partial charge in [-0.1, -0.05) is 26.3 Å². The fourth-order valence-electron chi connectivity index (χ4n) is 4.65. The Labute approximate surface area is 109 Å². The van der Waals surface area contributed by atoms with Crippen molar-refractivity contribution in [2.75, 3.05) is 6.61 Å². The van der Waals surface area contributed by atoms with Crippen LogP contribution in [0.15, 0.2) is 11.6 Å². The number of aliphatic hydroxyl groups excluding tert-OH is 2. The molecule has 102 valence electrons. The van der Waals surface area contributed by atoms with Gasteiger partial charge in [0.05, 0.1) is 12.7 Å². The van der Waals surface area contributed by atoms with Crippen LogP contribution in [0.25, 0.3) is 0 Å². The third-order valence-corrected chi connectivity index (χ3v) is 5.06. The van der Waals surface area contributed by atoms with Gasteiger partial charge in [-0.2, -0.15) is 0 Å². The molecule has 0 spiro atoms. The summed E-state index contributed by atoms with van der Waals surface area (Å²) < 4.78 is 0. The minimum Gasteiger partial charge on any atom is -0.396 e. The highest BCUT2D eigenvalue weighted by molar-refractivity contribution is 5.95. The minimum absolute atomic E-state index is 0.0191. The zero-order valence-corrected chi connectivity index (χ0v) is 11.7. The molecule has 0 aromatic carbocycles. The lowest BCUT2D eigenvalue weighted by Gasteiger charge is -2.56. The number of fused-ring (bicyclic) bond motifs is 1. The zero-order chi connectivity index (χ0) is 13.7. The molecule has 2 aliphatic rings. The predicted molar refractivity (Wildman–Crippen MR) is 70.0 cm³/mol. The second kappa shape index (κ2) is 4.17. The maximum absolute atomic E-state index is 12.4. The van der Waals surface area contributed by atoms with Crippen molar-refractivity contribution in [2.45, 2.75) is 46.6 Å². The monoisotopic (exact) mass is 252 g/mol. The summed E-state index contributed by atoms with van der Waals surface area (Å²) in [6, 6.07) is 0. The lowest BCUT2D eigenvalue weighted by Crippen LogP contribution is -2.56. The summed E-state index contributed by atoms with van der Waals surface area (Å²) in [4.78, 5) is 12.4. The van der Waals surface area contributed by atoms with Crippen molar-refractivity contribution in [2.24, 2.45) is 22.7 Å². The number of allylic oxidation sites excluding steroid dienone is 1. The van der Waals surface area contributed by atoms with E-state index in [1.165, 1.54) is 0 Å². The third kappa shape index (κ3) is 1.84. The standard InChI is InChI=1S/C15H24O3/c1-9-5-12(18)13-14(2,3)6-10(17)7-15(13,4)11(9)8-16/h5,10-11,13,16-17H,6-8H2,1-4H3/t10-,11+,13+,15-/m0/s1. The van der Waals surface area contributed by atoms with Crippen LogP contribution < -0.4 is 0 Å². The topological polar surface area (TPSA) is 57.5 Å². The first-order valence-corrected chi connectivity index (χ1v) is 6.73. The Morgan fingerprint density at radius 2 is 1.94 bits per heavy atom. The first-order valence-electron chi connectivity index (χ1n) is 6.73. The second-order valence-electron chi connectivity index (χ2n) is 7.02. The average Bonchev–Trinajstić information content (AvgIpc) is 2.12. The van der Waals surface area contributed by atoms with E-state index < -0.39 is 0 Å². The zero-order valence-electron chi connectivity index (χ0n) is 11.7. The van der Waals surface area contributed by atoms with E-state index in [9.17, 15) is 15.0 Å². The first kappa shape index (κ1) is 13.8. The molecule has 4 atom stereocenters. The SMILES string of the molecule is CC1=CC(=O)[C@@H]2C(C)(C)C[C@H](O)C[C@@]2(C)[C@@H]1CO. The molecule has 0 aliphatic heterocycles. The van der Waals surface area contributed by atoms with Crippen LogP contribution >= 0.6 is 0 Å². The Balaban J connectivity index is 2.54. The smallest absolute Gasteiger partial charge is 0.159 e. The molecule has 0 aromatic heterocycles. The van der Waals surface area contributed by atoms with Crippen LogP contribution in [0.3, 0.4) is 0 Å². The quantitative estimate of drug-likeness (QED) is 0.749. The molecular formula is C15H24O3. The molecule has 2 aliphatic carbocycles. The van der Waals surface area contributed by atoms with Crippen LogP contribution in [-0.4, -0.2) is 28.7 Å². The molecule has 0 radical (unpaired) electrons. The summed E-state index contributed by atoms with van der Waals surface area (Å²) in [5, 5.41) is 19.8. The summed E-state index contributed by atoms with van der Waals surface area (Å²) >= 11 is 0. The number of rotatable bonds is 1. The van der Waals surface area contributed by atoms with Gasteiger partial charge in [0.15, 0.2) is 5.78 Å². The fraction of sp³-hybridized carbons (Fsp3) is 0.800. The van der Waals surface area contributed by atoms with E-state index in [0.29, 0.717) is 12.8 Å². The van der Waals surface area contributed by atoms with Crippen LogP contribution in [0.5, 0.6) is 0 Å². The van der Waals surface area contributed by atoms with Gasteiger partial charge in [-0.3, -0.25) is 4.79 Å².